The van der Waals surface area contributed by atoms with Crippen molar-refractivity contribution in [2.24, 2.45) is 0 Å². The fourth-order valence-corrected chi connectivity index (χ4v) is 2.47. The van der Waals surface area contributed by atoms with Gasteiger partial charge in [-0.1, -0.05) is 12.1 Å². The van der Waals surface area contributed by atoms with Gasteiger partial charge in [-0.25, -0.2) is 0 Å². The van der Waals surface area contributed by atoms with Gasteiger partial charge in [0.15, 0.2) is 5.78 Å². The molecule has 0 heterocycles. The summed E-state index contributed by atoms with van der Waals surface area (Å²) in [4.78, 5) is 26.1. The Labute approximate surface area is 159 Å². The van der Waals surface area contributed by atoms with Gasteiger partial charge in [-0.2, -0.15) is 0 Å². The van der Waals surface area contributed by atoms with Crippen LogP contribution in [0.15, 0.2) is 48.5 Å². The van der Waals surface area contributed by atoms with Gasteiger partial charge in [0, 0.05) is 16.8 Å². The summed E-state index contributed by atoms with van der Waals surface area (Å²) >= 11 is 0. The zero-order valence-electron chi connectivity index (χ0n) is 16.0. The molecule has 2 aromatic rings. The monoisotopic (exact) mass is 368 g/mol. The Morgan fingerprint density at radius 2 is 1.85 bits per heavy atom. The van der Waals surface area contributed by atoms with E-state index < -0.39 is 0 Å². The number of hydrogen-bond donors (Lipinski definition) is 1. The van der Waals surface area contributed by atoms with Crippen molar-refractivity contribution in [3.05, 3.63) is 59.7 Å². The maximum atomic E-state index is 12.5. The van der Waals surface area contributed by atoms with Gasteiger partial charge < -0.3 is 19.7 Å². The number of nitrogens with one attached hydrogen (secondary N) is 1. The van der Waals surface area contributed by atoms with Crippen LogP contribution in [0, 0.1) is 0 Å². The number of benzene rings is 2. The van der Waals surface area contributed by atoms with Crippen molar-refractivity contribution in [2.45, 2.75) is 0 Å². The number of carbonyl (C=O) groups excluding carboxylic acids is 2. The molecular formula is C21H24N2O4. The fourth-order valence-electron chi connectivity index (χ4n) is 2.47. The van der Waals surface area contributed by atoms with Gasteiger partial charge in [0.2, 0.25) is 5.91 Å². The minimum Gasteiger partial charge on any atom is -0.497 e. The van der Waals surface area contributed by atoms with Crippen LogP contribution in [-0.4, -0.2) is 51.5 Å². The molecule has 0 unspecified atom stereocenters. The smallest absolute Gasteiger partial charge is 0.238 e. The van der Waals surface area contributed by atoms with E-state index in [1.165, 1.54) is 6.08 Å². The Hall–Kier alpha value is -3.12. The Bertz CT molecular complexity index is 844. The van der Waals surface area contributed by atoms with E-state index in [9.17, 15) is 9.59 Å². The molecule has 1 N–H and O–H groups in total. The highest BCUT2D eigenvalue weighted by Gasteiger charge is 2.08. The van der Waals surface area contributed by atoms with Crippen molar-refractivity contribution in [3.63, 3.8) is 0 Å². The van der Waals surface area contributed by atoms with E-state index in [-0.39, 0.29) is 18.2 Å². The molecule has 0 aliphatic carbocycles. The third-order valence-corrected chi connectivity index (χ3v) is 3.74. The lowest BCUT2D eigenvalue weighted by Crippen LogP contribution is -2.27. The molecule has 2 rings (SSSR count). The number of nitrogens with zero attached hydrogens (tertiary/aromatic N) is 1. The Morgan fingerprint density at radius 3 is 2.52 bits per heavy atom. The molecule has 0 atom stereocenters. The number of rotatable bonds is 8. The molecule has 0 fully saturated rings. The molecule has 0 aliphatic heterocycles. The van der Waals surface area contributed by atoms with Gasteiger partial charge in [0.1, 0.15) is 11.5 Å². The maximum Gasteiger partial charge on any atom is 0.238 e. The summed E-state index contributed by atoms with van der Waals surface area (Å²) in [6, 6.07) is 12.2. The summed E-state index contributed by atoms with van der Waals surface area (Å²) in [5.41, 5.74) is 1.80. The Morgan fingerprint density at radius 1 is 1.07 bits per heavy atom. The van der Waals surface area contributed by atoms with Gasteiger partial charge >= 0.3 is 0 Å². The molecule has 0 bridgehead atoms. The Kier molecular flexibility index (Phi) is 7.14. The third-order valence-electron chi connectivity index (χ3n) is 3.74. The first-order valence-electron chi connectivity index (χ1n) is 8.42. The van der Waals surface area contributed by atoms with Gasteiger partial charge in [0.05, 0.1) is 20.8 Å². The molecule has 0 saturated heterocycles. The zero-order chi connectivity index (χ0) is 19.8. The van der Waals surface area contributed by atoms with Crippen molar-refractivity contribution in [2.75, 3.05) is 40.2 Å². The second-order valence-corrected chi connectivity index (χ2v) is 6.17. The molecule has 6 nitrogen and oxygen atoms in total. The van der Waals surface area contributed by atoms with Crippen molar-refractivity contribution < 1.29 is 19.1 Å². The van der Waals surface area contributed by atoms with E-state index in [2.05, 4.69) is 5.32 Å². The van der Waals surface area contributed by atoms with Crippen molar-refractivity contribution >= 4 is 23.5 Å². The fraction of sp³-hybridized carbons (Fsp3) is 0.238. The highest BCUT2D eigenvalue weighted by molar-refractivity contribution is 6.07. The number of ketones is 1. The SMILES string of the molecule is COc1ccc(OC)c(C=CC(=O)c2cccc(NC(=O)CN(C)C)c2)c1. The lowest BCUT2D eigenvalue weighted by atomic mass is 10.1. The van der Waals surface area contributed by atoms with Gasteiger partial charge in [-0.15, -0.1) is 0 Å². The summed E-state index contributed by atoms with van der Waals surface area (Å²) in [6.45, 7) is 0.272. The first-order chi connectivity index (χ1) is 12.9. The summed E-state index contributed by atoms with van der Waals surface area (Å²) in [6.07, 6.45) is 3.15. The topological polar surface area (TPSA) is 67.9 Å². The highest BCUT2D eigenvalue weighted by atomic mass is 16.5. The number of allylic oxidation sites excluding steroid dienone is 1. The van der Waals surface area contributed by atoms with Gasteiger partial charge in [-0.05, 0) is 56.6 Å². The summed E-state index contributed by atoms with van der Waals surface area (Å²) in [5.74, 6) is 1.00. The molecular weight excluding hydrogens is 344 g/mol. The van der Waals surface area contributed by atoms with Crippen LogP contribution in [0.25, 0.3) is 6.08 Å². The van der Waals surface area contributed by atoms with Crippen LogP contribution in [0.4, 0.5) is 5.69 Å². The molecule has 0 aromatic heterocycles. The molecule has 0 aliphatic rings. The van der Waals surface area contributed by atoms with Crippen molar-refractivity contribution in [3.8, 4) is 11.5 Å². The maximum absolute atomic E-state index is 12.5. The van der Waals surface area contributed by atoms with Gasteiger partial charge in [0.25, 0.3) is 0 Å². The third kappa shape index (κ3) is 5.97. The van der Waals surface area contributed by atoms with Gasteiger partial charge in [-0.3, -0.25) is 9.59 Å². The molecule has 2 aromatic carbocycles. The van der Waals surface area contributed by atoms with E-state index >= 15 is 0 Å². The van der Waals surface area contributed by atoms with Crippen LogP contribution >= 0.6 is 0 Å². The zero-order valence-corrected chi connectivity index (χ0v) is 16.0. The molecule has 6 heteroatoms. The minimum atomic E-state index is -0.177. The Balaban J connectivity index is 2.15. The number of methoxy groups -OCH3 is 2. The number of ether oxygens (including phenoxy) is 2. The number of hydrogen-bond acceptors (Lipinski definition) is 5. The predicted molar refractivity (Wildman–Crippen MR) is 107 cm³/mol. The second kappa shape index (κ2) is 9.54. The molecule has 142 valence electrons. The second-order valence-electron chi connectivity index (χ2n) is 6.17. The van der Waals surface area contributed by atoms with E-state index in [1.54, 1.807) is 67.7 Å². The van der Waals surface area contributed by atoms with Crippen LogP contribution in [0.1, 0.15) is 15.9 Å². The van der Waals surface area contributed by atoms with E-state index in [1.807, 2.05) is 14.1 Å². The van der Waals surface area contributed by atoms with Crippen molar-refractivity contribution in [1.82, 2.24) is 4.90 Å². The first-order valence-corrected chi connectivity index (χ1v) is 8.42. The van der Waals surface area contributed by atoms with Crippen LogP contribution in [-0.2, 0) is 4.79 Å². The number of amides is 1. The number of carbonyl (C=O) groups is 2. The first kappa shape index (κ1) is 20.2. The van der Waals surface area contributed by atoms with Crippen LogP contribution in [0.2, 0.25) is 0 Å². The van der Waals surface area contributed by atoms with Crippen LogP contribution in [0.3, 0.4) is 0 Å². The summed E-state index contributed by atoms with van der Waals surface area (Å²) in [7, 11) is 6.78. The highest BCUT2D eigenvalue weighted by Crippen LogP contribution is 2.25. The lowest BCUT2D eigenvalue weighted by Gasteiger charge is -2.10. The largest absolute Gasteiger partial charge is 0.497 e. The summed E-state index contributed by atoms with van der Waals surface area (Å²) in [5, 5.41) is 2.78. The number of likely N-dealkylation sites (N-methyl/N-ethyl adjacent to an activating group) is 1. The predicted octanol–water partition coefficient (Wildman–Crippen LogP) is 3.10. The number of anilines is 1. The van der Waals surface area contributed by atoms with Crippen molar-refractivity contribution in [1.29, 1.82) is 0 Å². The minimum absolute atomic E-state index is 0.138. The average Bonchev–Trinajstić information content (AvgIpc) is 2.65. The molecule has 27 heavy (non-hydrogen) atoms. The normalized spacial score (nSPS) is 10.9. The van der Waals surface area contributed by atoms with Crippen LogP contribution < -0.4 is 14.8 Å². The summed E-state index contributed by atoms with van der Waals surface area (Å²) < 4.78 is 10.5. The van der Waals surface area contributed by atoms with E-state index in [4.69, 9.17) is 9.47 Å². The standard InChI is InChI=1S/C21H24N2O4/c1-23(2)14-21(25)22-17-7-5-6-15(12-17)19(24)10-8-16-13-18(26-3)9-11-20(16)27-4/h5-13H,14H2,1-4H3,(H,22,25). The molecule has 1 amide bonds. The lowest BCUT2D eigenvalue weighted by molar-refractivity contribution is -0.116. The average molecular weight is 368 g/mol. The molecule has 0 spiro atoms. The molecule has 0 radical (unpaired) electrons. The molecule has 0 saturated carbocycles. The van der Waals surface area contributed by atoms with Crippen LogP contribution in [0.5, 0.6) is 11.5 Å². The van der Waals surface area contributed by atoms with E-state index in [0.29, 0.717) is 22.7 Å². The van der Waals surface area contributed by atoms with E-state index in [0.717, 1.165) is 5.56 Å². The quantitative estimate of drug-likeness (QED) is 0.573.